The van der Waals surface area contributed by atoms with Crippen LogP contribution in [0.2, 0.25) is 0 Å². The number of nitrogens with one attached hydrogen (secondary N) is 1. The van der Waals surface area contributed by atoms with Crippen molar-refractivity contribution in [3.63, 3.8) is 0 Å². The van der Waals surface area contributed by atoms with E-state index in [1.54, 1.807) is 13.2 Å². The summed E-state index contributed by atoms with van der Waals surface area (Å²) in [5.41, 5.74) is 1.20. The van der Waals surface area contributed by atoms with Crippen molar-refractivity contribution in [2.75, 3.05) is 25.0 Å². The van der Waals surface area contributed by atoms with Crippen LogP contribution in [0, 0.1) is 12.8 Å². The van der Waals surface area contributed by atoms with Crippen LogP contribution in [0.15, 0.2) is 18.3 Å². The quantitative estimate of drug-likeness (QED) is 0.768. The smallest absolute Gasteiger partial charge is 0.226 e. The van der Waals surface area contributed by atoms with Crippen molar-refractivity contribution in [2.24, 2.45) is 5.92 Å². The van der Waals surface area contributed by atoms with Crippen LogP contribution in [0.5, 0.6) is 0 Å². The largest absolute Gasteiger partial charge is 0.359 e. The number of amides is 1. The first-order chi connectivity index (χ1) is 7.20. The number of aromatic nitrogens is 1. The molecule has 1 fully saturated rings. The lowest BCUT2D eigenvalue weighted by Gasteiger charge is -2.38. The molecule has 1 N–H and O–H groups in total. The lowest BCUT2D eigenvalue weighted by molar-refractivity contribution is -0.125. The van der Waals surface area contributed by atoms with E-state index in [1.165, 1.54) is 5.56 Å². The fourth-order valence-electron chi connectivity index (χ4n) is 1.73. The Bertz CT molecular complexity index is 372. The van der Waals surface area contributed by atoms with Gasteiger partial charge in [-0.05, 0) is 24.6 Å². The zero-order valence-corrected chi connectivity index (χ0v) is 9.03. The molecule has 4 heteroatoms. The van der Waals surface area contributed by atoms with Gasteiger partial charge in [-0.3, -0.25) is 4.79 Å². The molecule has 0 spiro atoms. The number of hydrogen-bond donors (Lipinski definition) is 1. The van der Waals surface area contributed by atoms with E-state index < -0.39 is 0 Å². The zero-order chi connectivity index (χ0) is 10.8. The molecule has 0 bridgehead atoms. The average Bonchev–Trinajstić information content (AvgIpc) is 2.15. The van der Waals surface area contributed by atoms with Gasteiger partial charge >= 0.3 is 0 Å². The van der Waals surface area contributed by atoms with Gasteiger partial charge in [0.2, 0.25) is 5.91 Å². The summed E-state index contributed by atoms with van der Waals surface area (Å²) in [7, 11) is 1.68. The Labute approximate surface area is 89.3 Å². The molecular formula is C11H15N3O. The Hall–Kier alpha value is -1.58. The van der Waals surface area contributed by atoms with Crippen molar-refractivity contribution in [3.8, 4) is 0 Å². The third-order valence-corrected chi connectivity index (χ3v) is 2.72. The van der Waals surface area contributed by atoms with Crippen molar-refractivity contribution < 1.29 is 4.79 Å². The number of nitrogens with zero attached hydrogens (tertiary/aromatic N) is 2. The second-order valence-electron chi connectivity index (χ2n) is 3.91. The minimum atomic E-state index is 0.123. The summed E-state index contributed by atoms with van der Waals surface area (Å²) in [6.07, 6.45) is 1.80. The molecule has 4 nitrogen and oxygen atoms in total. The molecule has 0 unspecified atom stereocenters. The molecule has 1 aliphatic heterocycles. The molecule has 2 heterocycles. The van der Waals surface area contributed by atoms with Crippen molar-refractivity contribution in [3.05, 3.63) is 23.9 Å². The van der Waals surface area contributed by atoms with Crippen LogP contribution in [-0.4, -0.2) is 31.0 Å². The first kappa shape index (κ1) is 9.96. The summed E-state index contributed by atoms with van der Waals surface area (Å²) in [5, 5.41) is 2.66. The number of pyridine rings is 1. The lowest BCUT2D eigenvalue weighted by atomic mass is 9.99. The van der Waals surface area contributed by atoms with Gasteiger partial charge in [0.25, 0.3) is 0 Å². The fraction of sp³-hybridized carbons (Fsp3) is 0.455. The molecule has 1 aromatic rings. The van der Waals surface area contributed by atoms with Gasteiger partial charge < -0.3 is 10.2 Å². The SMILES string of the molecule is CNC(=O)C1CN(c2cc(C)ccn2)C1. The molecule has 0 atom stereocenters. The number of carbonyl (C=O) groups is 1. The topological polar surface area (TPSA) is 45.2 Å². The molecular weight excluding hydrogens is 190 g/mol. The zero-order valence-electron chi connectivity index (χ0n) is 9.03. The monoisotopic (exact) mass is 205 g/mol. The summed E-state index contributed by atoms with van der Waals surface area (Å²) in [5.74, 6) is 1.21. The normalized spacial score (nSPS) is 16.0. The van der Waals surface area contributed by atoms with E-state index in [0.717, 1.165) is 18.9 Å². The summed E-state index contributed by atoms with van der Waals surface area (Å²) in [6.45, 7) is 3.59. The van der Waals surface area contributed by atoms with Crippen LogP contribution in [0.3, 0.4) is 0 Å². The number of hydrogen-bond acceptors (Lipinski definition) is 3. The molecule has 80 valence electrons. The van der Waals surface area contributed by atoms with Gasteiger partial charge in [-0.25, -0.2) is 4.98 Å². The summed E-state index contributed by atoms with van der Waals surface area (Å²) >= 11 is 0. The van der Waals surface area contributed by atoms with Crippen molar-refractivity contribution in [2.45, 2.75) is 6.92 Å². The van der Waals surface area contributed by atoms with E-state index in [-0.39, 0.29) is 11.8 Å². The van der Waals surface area contributed by atoms with Crippen LogP contribution >= 0.6 is 0 Å². The predicted octanol–water partition coefficient (Wildman–Crippen LogP) is 0.572. The van der Waals surface area contributed by atoms with Gasteiger partial charge in [-0.1, -0.05) is 0 Å². The van der Waals surface area contributed by atoms with E-state index in [4.69, 9.17) is 0 Å². The maximum atomic E-state index is 11.3. The Balaban J connectivity index is 1.97. The van der Waals surface area contributed by atoms with Gasteiger partial charge in [0, 0.05) is 26.3 Å². The Morgan fingerprint density at radius 1 is 1.60 bits per heavy atom. The van der Waals surface area contributed by atoms with Crippen molar-refractivity contribution >= 4 is 11.7 Å². The predicted molar refractivity (Wildman–Crippen MR) is 58.7 cm³/mol. The Morgan fingerprint density at radius 2 is 2.33 bits per heavy atom. The molecule has 0 radical (unpaired) electrons. The van der Waals surface area contributed by atoms with Gasteiger partial charge in [0.05, 0.1) is 5.92 Å². The van der Waals surface area contributed by atoms with Crippen molar-refractivity contribution in [1.82, 2.24) is 10.3 Å². The molecule has 1 aliphatic rings. The Kier molecular flexibility index (Phi) is 2.58. The average molecular weight is 205 g/mol. The number of rotatable bonds is 2. The van der Waals surface area contributed by atoms with E-state index in [0.29, 0.717) is 0 Å². The number of anilines is 1. The maximum Gasteiger partial charge on any atom is 0.226 e. The first-order valence-corrected chi connectivity index (χ1v) is 5.10. The molecule has 0 aromatic carbocycles. The van der Waals surface area contributed by atoms with Crippen LogP contribution in [-0.2, 0) is 4.79 Å². The van der Waals surface area contributed by atoms with E-state index >= 15 is 0 Å². The molecule has 1 amide bonds. The molecule has 2 rings (SSSR count). The van der Waals surface area contributed by atoms with Gasteiger partial charge in [0.15, 0.2) is 0 Å². The first-order valence-electron chi connectivity index (χ1n) is 5.10. The summed E-state index contributed by atoms with van der Waals surface area (Å²) in [4.78, 5) is 17.7. The molecule has 0 saturated carbocycles. The second-order valence-corrected chi connectivity index (χ2v) is 3.91. The highest BCUT2D eigenvalue weighted by molar-refractivity contribution is 5.81. The third-order valence-electron chi connectivity index (χ3n) is 2.72. The highest BCUT2D eigenvalue weighted by Gasteiger charge is 2.32. The number of carbonyl (C=O) groups excluding carboxylic acids is 1. The number of aryl methyl sites for hydroxylation is 1. The van der Waals surface area contributed by atoms with E-state index in [9.17, 15) is 4.79 Å². The van der Waals surface area contributed by atoms with Gasteiger partial charge in [-0.15, -0.1) is 0 Å². The fourth-order valence-corrected chi connectivity index (χ4v) is 1.73. The molecule has 1 aromatic heterocycles. The Morgan fingerprint density at radius 3 is 2.93 bits per heavy atom. The standard InChI is InChI=1S/C11H15N3O/c1-8-3-4-13-10(5-8)14-6-9(7-14)11(15)12-2/h3-5,9H,6-7H2,1-2H3,(H,12,15). The summed E-state index contributed by atoms with van der Waals surface area (Å²) in [6, 6.07) is 4.01. The van der Waals surface area contributed by atoms with Crippen LogP contribution in [0.1, 0.15) is 5.56 Å². The molecule has 1 saturated heterocycles. The lowest BCUT2D eigenvalue weighted by Crippen LogP contribution is -2.53. The van der Waals surface area contributed by atoms with E-state index in [2.05, 4.69) is 15.2 Å². The summed E-state index contributed by atoms with van der Waals surface area (Å²) < 4.78 is 0. The van der Waals surface area contributed by atoms with Crippen molar-refractivity contribution in [1.29, 1.82) is 0 Å². The maximum absolute atomic E-state index is 11.3. The molecule has 0 aliphatic carbocycles. The second kappa shape index (κ2) is 3.88. The molecule has 15 heavy (non-hydrogen) atoms. The minimum Gasteiger partial charge on any atom is -0.359 e. The van der Waals surface area contributed by atoms with Crippen LogP contribution in [0.25, 0.3) is 0 Å². The van der Waals surface area contributed by atoms with E-state index in [1.807, 2.05) is 19.1 Å². The van der Waals surface area contributed by atoms with Crippen LogP contribution in [0.4, 0.5) is 5.82 Å². The highest BCUT2D eigenvalue weighted by atomic mass is 16.1. The minimum absolute atomic E-state index is 0.123. The highest BCUT2D eigenvalue weighted by Crippen LogP contribution is 2.22. The van der Waals surface area contributed by atoms with Gasteiger partial charge in [0.1, 0.15) is 5.82 Å². The van der Waals surface area contributed by atoms with Gasteiger partial charge in [-0.2, -0.15) is 0 Å². The third kappa shape index (κ3) is 1.93. The van der Waals surface area contributed by atoms with Crippen LogP contribution < -0.4 is 10.2 Å².